The van der Waals surface area contributed by atoms with E-state index in [9.17, 15) is 4.79 Å². The first kappa shape index (κ1) is 14.7. The number of ether oxygens (including phenoxy) is 1. The summed E-state index contributed by atoms with van der Waals surface area (Å²) in [6, 6.07) is 1.88. The zero-order valence-corrected chi connectivity index (χ0v) is 11.2. The molecule has 0 radical (unpaired) electrons. The van der Waals surface area contributed by atoms with Gasteiger partial charge in [0.25, 0.3) is 0 Å². The highest BCUT2D eigenvalue weighted by atomic mass is 32.1. The van der Waals surface area contributed by atoms with Gasteiger partial charge in [0.2, 0.25) is 5.91 Å². The van der Waals surface area contributed by atoms with E-state index in [2.05, 4.69) is 17.2 Å². The Morgan fingerprint density at radius 1 is 1.61 bits per heavy atom. The third kappa shape index (κ3) is 5.32. The van der Waals surface area contributed by atoms with Crippen LogP contribution < -0.4 is 5.32 Å². The Labute approximate surface area is 111 Å². The predicted octanol–water partition coefficient (Wildman–Crippen LogP) is 1.13. The molecule has 1 amide bonds. The Hall–Kier alpha value is -1.35. The molecule has 0 saturated carbocycles. The van der Waals surface area contributed by atoms with E-state index in [-0.39, 0.29) is 19.1 Å². The van der Waals surface area contributed by atoms with Gasteiger partial charge in [-0.15, -0.1) is 11.3 Å². The molecule has 0 spiro atoms. The van der Waals surface area contributed by atoms with E-state index >= 15 is 0 Å². The molecule has 0 unspecified atom stereocenters. The summed E-state index contributed by atoms with van der Waals surface area (Å²) in [6.45, 7) is 2.97. The molecule has 0 fully saturated rings. The molecule has 5 heteroatoms. The third-order valence-corrected chi connectivity index (χ3v) is 3.00. The van der Waals surface area contributed by atoms with Gasteiger partial charge in [0.15, 0.2) is 0 Å². The van der Waals surface area contributed by atoms with Gasteiger partial charge in [-0.1, -0.05) is 18.8 Å². The smallest absolute Gasteiger partial charge is 0.246 e. The largest absolute Gasteiger partial charge is 0.384 e. The molecule has 1 rings (SSSR count). The average molecular weight is 267 g/mol. The van der Waals surface area contributed by atoms with Crippen molar-refractivity contribution in [1.29, 1.82) is 0 Å². The molecule has 0 saturated heterocycles. The second-order valence-electron chi connectivity index (χ2n) is 3.55. The van der Waals surface area contributed by atoms with Crippen LogP contribution in [0.1, 0.15) is 23.8 Å². The SMILES string of the molecule is CCCOCC(=O)NCc1sccc1C#CCO. The number of rotatable bonds is 6. The maximum Gasteiger partial charge on any atom is 0.246 e. The Balaban J connectivity index is 2.39. The fraction of sp³-hybridized carbons (Fsp3) is 0.462. The van der Waals surface area contributed by atoms with Crippen molar-refractivity contribution >= 4 is 17.2 Å². The van der Waals surface area contributed by atoms with Crippen LogP contribution in [0.2, 0.25) is 0 Å². The third-order valence-electron chi connectivity index (χ3n) is 2.08. The summed E-state index contributed by atoms with van der Waals surface area (Å²) in [5.74, 6) is 5.32. The number of hydrogen-bond acceptors (Lipinski definition) is 4. The van der Waals surface area contributed by atoms with Gasteiger partial charge in [-0.2, -0.15) is 0 Å². The molecule has 98 valence electrons. The van der Waals surface area contributed by atoms with Crippen molar-refractivity contribution in [3.63, 3.8) is 0 Å². The zero-order chi connectivity index (χ0) is 13.2. The maximum absolute atomic E-state index is 11.4. The van der Waals surface area contributed by atoms with Crippen LogP contribution in [0, 0.1) is 11.8 Å². The van der Waals surface area contributed by atoms with Crippen LogP contribution in [0.3, 0.4) is 0 Å². The van der Waals surface area contributed by atoms with Crippen LogP contribution in [0.25, 0.3) is 0 Å². The lowest BCUT2D eigenvalue weighted by Gasteiger charge is -2.04. The van der Waals surface area contributed by atoms with E-state index in [4.69, 9.17) is 9.84 Å². The first-order chi connectivity index (χ1) is 8.77. The molecule has 0 atom stereocenters. The summed E-state index contributed by atoms with van der Waals surface area (Å²) < 4.78 is 5.14. The van der Waals surface area contributed by atoms with E-state index in [1.165, 1.54) is 11.3 Å². The van der Waals surface area contributed by atoms with Gasteiger partial charge in [-0.25, -0.2) is 0 Å². The van der Waals surface area contributed by atoms with E-state index < -0.39 is 0 Å². The van der Waals surface area contributed by atoms with Crippen molar-refractivity contribution in [2.45, 2.75) is 19.9 Å². The van der Waals surface area contributed by atoms with Gasteiger partial charge in [0.1, 0.15) is 13.2 Å². The Morgan fingerprint density at radius 3 is 3.17 bits per heavy atom. The van der Waals surface area contributed by atoms with Crippen molar-refractivity contribution in [3.8, 4) is 11.8 Å². The molecule has 4 nitrogen and oxygen atoms in total. The maximum atomic E-state index is 11.4. The number of nitrogens with one attached hydrogen (secondary N) is 1. The summed E-state index contributed by atoms with van der Waals surface area (Å²) in [5, 5.41) is 13.3. The summed E-state index contributed by atoms with van der Waals surface area (Å²) in [5.41, 5.74) is 0.851. The normalized spacial score (nSPS) is 9.67. The number of amides is 1. The van der Waals surface area contributed by atoms with Crippen LogP contribution in [0.4, 0.5) is 0 Å². The molecule has 18 heavy (non-hydrogen) atoms. The molecule has 1 aromatic heterocycles. The first-order valence-corrected chi connectivity index (χ1v) is 6.66. The monoisotopic (exact) mass is 267 g/mol. The summed E-state index contributed by atoms with van der Waals surface area (Å²) in [7, 11) is 0. The van der Waals surface area contributed by atoms with E-state index in [1.54, 1.807) is 0 Å². The Kier molecular flexibility index (Phi) is 7.11. The number of hydrogen-bond donors (Lipinski definition) is 2. The zero-order valence-electron chi connectivity index (χ0n) is 10.4. The molecule has 0 aliphatic heterocycles. The molecule has 2 N–H and O–H groups in total. The molecular formula is C13H17NO3S. The van der Waals surface area contributed by atoms with Crippen LogP contribution in [0.15, 0.2) is 11.4 Å². The number of aliphatic hydroxyl groups excluding tert-OH is 1. The molecule has 1 aromatic rings. The fourth-order valence-corrected chi connectivity index (χ4v) is 2.03. The fourth-order valence-electron chi connectivity index (χ4n) is 1.26. The van der Waals surface area contributed by atoms with Crippen LogP contribution >= 0.6 is 11.3 Å². The van der Waals surface area contributed by atoms with E-state index in [0.29, 0.717) is 13.2 Å². The number of aliphatic hydroxyl groups is 1. The van der Waals surface area contributed by atoms with Crippen molar-refractivity contribution in [2.75, 3.05) is 19.8 Å². The highest BCUT2D eigenvalue weighted by Gasteiger charge is 2.05. The van der Waals surface area contributed by atoms with Crippen molar-refractivity contribution in [3.05, 3.63) is 21.9 Å². The minimum Gasteiger partial charge on any atom is -0.384 e. The van der Waals surface area contributed by atoms with Gasteiger partial charge in [-0.3, -0.25) is 4.79 Å². The van der Waals surface area contributed by atoms with Crippen molar-refractivity contribution in [2.24, 2.45) is 0 Å². The molecule has 0 aliphatic rings. The topological polar surface area (TPSA) is 58.6 Å². The second kappa shape index (κ2) is 8.70. The van der Waals surface area contributed by atoms with Gasteiger partial charge >= 0.3 is 0 Å². The summed E-state index contributed by atoms with van der Waals surface area (Å²) in [4.78, 5) is 12.4. The molecule has 0 bridgehead atoms. The minimum atomic E-state index is -0.160. The number of carbonyl (C=O) groups is 1. The van der Waals surface area contributed by atoms with Crippen molar-refractivity contribution in [1.82, 2.24) is 5.32 Å². The van der Waals surface area contributed by atoms with Crippen LogP contribution in [-0.2, 0) is 16.1 Å². The van der Waals surface area contributed by atoms with Gasteiger partial charge in [0.05, 0.1) is 6.54 Å². The Bertz CT molecular complexity index is 431. The van der Waals surface area contributed by atoms with Crippen molar-refractivity contribution < 1.29 is 14.6 Å². The van der Waals surface area contributed by atoms with Gasteiger partial charge in [-0.05, 0) is 17.9 Å². The second-order valence-corrected chi connectivity index (χ2v) is 4.55. The quantitative estimate of drug-likeness (QED) is 0.600. The average Bonchev–Trinajstić information content (AvgIpc) is 2.81. The predicted molar refractivity (Wildman–Crippen MR) is 71.2 cm³/mol. The molecule has 1 heterocycles. The minimum absolute atomic E-state index is 0.0941. The van der Waals surface area contributed by atoms with Crippen LogP contribution in [-0.4, -0.2) is 30.8 Å². The number of carbonyl (C=O) groups excluding carboxylic acids is 1. The molecular weight excluding hydrogens is 250 g/mol. The molecule has 0 aromatic carbocycles. The number of thiophene rings is 1. The lowest BCUT2D eigenvalue weighted by atomic mass is 10.2. The van der Waals surface area contributed by atoms with Crippen LogP contribution in [0.5, 0.6) is 0 Å². The standard InChI is InChI=1S/C13H17NO3S/c1-2-7-17-10-13(16)14-9-12-11(4-3-6-15)5-8-18-12/h5,8,15H,2,6-7,9-10H2,1H3,(H,14,16). The lowest BCUT2D eigenvalue weighted by Crippen LogP contribution is -2.27. The summed E-state index contributed by atoms with van der Waals surface area (Å²) >= 11 is 1.53. The van der Waals surface area contributed by atoms with Gasteiger partial charge < -0.3 is 15.2 Å². The van der Waals surface area contributed by atoms with Gasteiger partial charge in [0, 0.05) is 17.0 Å². The van der Waals surface area contributed by atoms with E-state index in [1.807, 2.05) is 18.4 Å². The Morgan fingerprint density at radius 2 is 2.44 bits per heavy atom. The lowest BCUT2D eigenvalue weighted by molar-refractivity contribution is -0.125. The van der Waals surface area contributed by atoms with E-state index in [0.717, 1.165) is 16.9 Å². The highest BCUT2D eigenvalue weighted by Crippen LogP contribution is 2.15. The highest BCUT2D eigenvalue weighted by molar-refractivity contribution is 7.10. The summed E-state index contributed by atoms with van der Waals surface area (Å²) in [6.07, 6.45) is 0.902. The molecule has 0 aliphatic carbocycles. The first-order valence-electron chi connectivity index (χ1n) is 5.78.